The summed E-state index contributed by atoms with van der Waals surface area (Å²) in [6.45, 7) is -1.84. The SMILES string of the molecule is O=C(NC(=O)ON(C(=O)O)C(=O)OCc1c([N+](=O)[O-])cccc1[N+](=O)[O-])OCc1ccccc1[N+](=O)[O-]. The average Bonchev–Trinajstić information content (AvgIpc) is 2.84. The van der Waals surface area contributed by atoms with E-state index in [2.05, 4.69) is 14.3 Å². The standard InChI is InChI=1S/C18H13N5O14/c24-15(35-8-10-4-1-2-5-12(10)21(29)30)19-16(25)37-20(17(26)27)18(28)36-9-11-13(22(31)32)6-3-7-14(11)23(33)34/h1-7H,8-9H2,(H,26,27)(H,19,24,25). The van der Waals surface area contributed by atoms with E-state index in [1.807, 2.05) is 0 Å². The van der Waals surface area contributed by atoms with Gasteiger partial charge in [0.05, 0.1) is 20.3 Å². The van der Waals surface area contributed by atoms with Gasteiger partial charge in [0.2, 0.25) is 0 Å². The number of para-hydroxylation sites is 1. The third-order valence-corrected chi connectivity index (χ3v) is 4.12. The number of carbonyl (C=O) groups is 4. The van der Waals surface area contributed by atoms with Gasteiger partial charge in [-0.1, -0.05) is 12.1 Å². The largest absolute Gasteiger partial charge is 0.462 e. The predicted molar refractivity (Wildman–Crippen MR) is 113 cm³/mol. The molecule has 0 aliphatic rings. The number of benzene rings is 2. The molecule has 0 saturated carbocycles. The van der Waals surface area contributed by atoms with Crippen LogP contribution < -0.4 is 5.32 Å². The van der Waals surface area contributed by atoms with E-state index in [4.69, 9.17) is 5.11 Å². The lowest BCUT2D eigenvalue weighted by molar-refractivity contribution is -0.396. The quantitative estimate of drug-likeness (QED) is 0.390. The molecule has 0 atom stereocenters. The summed E-state index contributed by atoms with van der Waals surface area (Å²) in [4.78, 5) is 81.4. The van der Waals surface area contributed by atoms with Crippen molar-refractivity contribution in [2.24, 2.45) is 0 Å². The first-order valence-corrected chi connectivity index (χ1v) is 9.40. The molecule has 19 heteroatoms. The fourth-order valence-electron chi connectivity index (χ4n) is 2.58. The summed E-state index contributed by atoms with van der Waals surface area (Å²) in [6.07, 6.45) is -7.62. The summed E-state index contributed by atoms with van der Waals surface area (Å²) < 4.78 is 9.10. The molecule has 0 saturated heterocycles. The molecule has 0 aromatic heterocycles. The second-order valence-corrected chi connectivity index (χ2v) is 6.39. The van der Waals surface area contributed by atoms with Crippen LogP contribution in [0.2, 0.25) is 0 Å². The Kier molecular flexibility index (Phi) is 8.88. The molecule has 0 heterocycles. The molecule has 2 N–H and O–H groups in total. The number of amides is 4. The monoisotopic (exact) mass is 523 g/mol. The Morgan fingerprint density at radius 2 is 1.32 bits per heavy atom. The highest BCUT2D eigenvalue weighted by Crippen LogP contribution is 2.29. The molecule has 19 nitrogen and oxygen atoms in total. The fraction of sp³-hybridized carbons (Fsp3) is 0.111. The van der Waals surface area contributed by atoms with Gasteiger partial charge in [-0.3, -0.25) is 30.3 Å². The Bertz CT molecular complexity index is 1250. The minimum Gasteiger partial charge on any atom is -0.462 e. The minimum absolute atomic E-state index is 0.0455. The second-order valence-electron chi connectivity index (χ2n) is 6.39. The summed E-state index contributed by atoms with van der Waals surface area (Å²) >= 11 is 0. The highest BCUT2D eigenvalue weighted by molar-refractivity contribution is 5.91. The van der Waals surface area contributed by atoms with Crippen LogP contribution in [0.5, 0.6) is 0 Å². The van der Waals surface area contributed by atoms with Crippen molar-refractivity contribution in [3.8, 4) is 0 Å². The number of hydrogen-bond acceptors (Lipinski definition) is 13. The van der Waals surface area contributed by atoms with Crippen LogP contribution in [-0.2, 0) is 27.5 Å². The van der Waals surface area contributed by atoms with Crippen molar-refractivity contribution in [3.63, 3.8) is 0 Å². The lowest BCUT2D eigenvalue weighted by Crippen LogP contribution is -2.42. The van der Waals surface area contributed by atoms with Gasteiger partial charge >= 0.3 is 24.4 Å². The van der Waals surface area contributed by atoms with Crippen LogP contribution in [0.25, 0.3) is 0 Å². The summed E-state index contributed by atoms with van der Waals surface area (Å²) in [5, 5.41) is 42.9. The van der Waals surface area contributed by atoms with Gasteiger partial charge in [-0.25, -0.2) is 24.5 Å². The van der Waals surface area contributed by atoms with E-state index in [9.17, 15) is 49.5 Å². The number of alkyl carbamates (subject to hydrolysis) is 1. The number of nitro groups is 3. The van der Waals surface area contributed by atoms with Gasteiger partial charge in [-0.15, -0.1) is 0 Å². The number of hydrogen-bond donors (Lipinski definition) is 2. The maximum atomic E-state index is 12.1. The van der Waals surface area contributed by atoms with E-state index >= 15 is 0 Å². The molecule has 0 aliphatic heterocycles. The highest BCUT2D eigenvalue weighted by Gasteiger charge is 2.31. The molecule has 4 amide bonds. The Balaban J connectivity index is 2.02. The maximum Gasteiger partial charge on any atom is 0.454 e. The summed E-state index contributed by atoms with van der Waals surface area (Å²) in [5.41, 5.74) is -2.76. The van der Waals surface area contributed by atoms with E-state index < -0.39 is 80.0 Å². The van der Waals surface area contributed by atoms with E-state index in [1.54, 1.807) is 0 Å². The molecular weight excluding hydrogens is 510 g/mol. The minimum atomic E-state index is -2.24. The smallest absolute Gasteiger partial charge is 0.454 e. The molecular formula is C18H13N5O14. The molecule has 194 valence electrons. The van der Waals surface area contributed by atoms with E-state index in [0.29, 0.717) is 0 Å². The van der Waals surface area contributed by atoms with Gasteiger partial charge in [-0.2, -0.15) is 0 Å². The number of imide groups is 2. The van der Waals surface area contributed by atoms with Crippen LogP contribution in [-0.4, -0.2) is 49.3 Å². The first kappa shape index (κ1) is 27.4. The van der Waals surface area contributed by atoms with E-state index in [1.165, 1.54) is 23.5 Å². The van der Waals surface area contributed by atoms with Crippen LogP contribution in [0.1, 0.15) is 11.1 Å². The maximum absolute atomic E-state index is 12.1. The van der Waals surface area contributed by atoms with Crippen molar-refractivity contribution >= 4 is 41.4 Å². The third kappa shape index (κ3) is 7.30. The zero-order valence-corrected chi connectivity index (χ0v) is 18.0. The van der Waals surface area contributed by atoms with Crippen molar-refractivity contribution in [1.29, 1.82) is 0 Å². The highest BCUT2D eigenvalue weighted by atomic mass is 16.8. The number of nitrogens with zero attached hydrogens (tertiary/aromatic N) is 4. The van der Waals surface area contributed by atoms with Gasteiger partial charge in [-0.05, 0) is 17.2 Å². The molecule has 0 bridgehead atoms. The molecule has 2 aromatic rings. The van der Waals surface area contributed by atoms with Crippen LogP contribution in [0.3, 0.4) is 0 Å². The average molecular weight is 523 g/mol. The Morgan fingerprint density at radius 3 is 1.86 bits per heavy atom. The Labute approximate surface area is 203 Å². The molecule has 0 aliphatic carbocycles. The van der Waals surface area contributed by atoms with Crippen molar-refractivity contribution < 1.29 is 53.4 Å². The van der Waals surface area contributed by atoms with Gasteiger partial charge in [0.15, 0.2) is 0 Å². The molecule has 0 unspecified atom stereocenters. The normalized spacial score (nSPS) is 9.95. The van der Waals surface area contributed by atoms with Crippen molar-refractivity contribution in [2.45, 2.75) is 13.2 Å². The summed E-state index contributed by atoms with van der Waals surface area (Å²) in [7, 11) is 0. The molecule has 2 aromatic carbocycles. The van der Waals surface area contributed by atoms with Crippen molar-refractivity contribution in [3.05, 3.63) is 83.9 Å². The van der Waals surface area contributed by atoms with Gasteiger partial charge in [0, 0.05) is 18.2 Å². The number of hydroxylamine groups is 2. The molecule has 2 rings (SSSR count). The number of carbonyl (C=O) groups excluding carboxylic acids is 3. The van der Waals surface area contributed by atoms with Crippen LogP contribution >= 0.6 is 0 Å². The molecule has 37 heavy (non-hydrogen) atoms. The third-order valence-electron chi connectivity index (χ3n) is 4.12. The molecule has 0 spiro atoms. The lowest BCUT2D eigenvalue weighted by Gasteiger charge is -2.15. The van der Waals surface area contributed by atoms with Crippen molar-refractivity contribution in [1.82, 2.24) is 10.4 Å². The Hall–Kier alpha value is -5.88. The number of rotatable bonds is 7. The topological polar surface area (TPSA) is 261 Å². The summed E-state index contributed by atoms with van der Waals surface area (Å²) in [6, 6.07) is 7.87. The zero-order chi connectivity index (χ0) is 27.7. The van der Waals surface area contributed by atoms with Gasteiger partial charge < -0.3 is 19.4 Å². The summed E-state index contributed by atoms with van der Waals surface area (Å²) in [5.74, 6) is 0. The molecule has 0 fully saturated rings. The predicted octanol–water partition coefficient (Wildman–Crippen LogP) is 3.01. The second kappa shape index (κ2) is 12.0. The Morgan fingerprint density at radius 1 is 0.784 bits per heavy atom. The van der Waals surface area contributed by atoms with E-state index in [-0.39, 0.29) is 5.56 Å². The number of carboxylic acid groups (broad SMARTS) is 1. The van der Waals surface area contributed by atoms with Gasteiger partial charge in [0.25, 0.3) is 17.1 Å². The first-order chi connectivity index (χ1) is 17.4. The van der Waals surface area contributed by atoms with Crippen LogP contribution in [0.15, 0.2) is 42.5 Å². The van der Waals surface area contributed by atoms with Crippen LogP contribution in [0.4, 0.5) is 36.2 Å². The number of nitrogens with one attached hydrogen (secondary N) is 1. The zero-order valence-electron chi connectivity index (χ0n) is 18.0. The van der Waals surface area contributed by atoms with Crippen LogP contribution in [0, 0.1) is 30.3 Å². The first-order valence-electron chi connectivity index (χ1n) is 9.40. The van der Waals surface area contributed by atoms with Gasteiger partial charge in [0.1, 0.15) is 18.8 Å². The lowest BCUT2D eigenvalue weighted by atomic mass is 10.1. The van der Waals surface area contributed by atoms with Crippen molar-refractivity contribution in [2.75, 3.05) is 0 Å². The number of ether oxygens (including phenoxy) is 2. The number of nitro benzene ring substituents is 3. The fourth-order valence-corrected chi connectivity index (χ4v) is 2.58. The van der Waals surface area contributed by atoms with E-state index in [0.717, 1.165) is 24.3 Å². The molecule has 0 radical (unpaired) electrons.